The van der Waals surface area contributed by atoms with Gasteiger partial charge < -0.3 is 4.98 Å². The third kappa shape index (κ3) is 2.67. The molecule has 0 aromatic carbocycles. The monoisotopic (exact) mass is 341 g/mol. The fraction of sp³-hybridized carbons (Fsp3) is 0.462. The number of pyridine rings is 1. The fourth-order valence-corrected chi connectivity index (χ4v) is 3.20. The summed E-state index contributed by atoms with van der Waals surface area (Å²) in [5, 5.41) is 1.07. The Morgan fingerprint density at radius 2 is 2.11 bits per heavy atom. The maximum Gasteiger partial charge on any atom is 0.263 e. The second-order valence-corrected chi connectivity index (χ2v) is 6.21. The summed E-state index contributed by atoms with van der Waals surface area (Å²) in [7, 11) is 0. The molecule has 2 aromatic heterocycles. The molecule has 0 radical (unpaired) electrons. The van der Waals surface area contributed by atoms with Gasteiger partial charge in [0.15, 0.2) is 0 Å². The topological polar surface area (TPSA) is 58.6 Å². The highest BCUT2D eigenvalue weighted by molar-refractivity contribution is 9.10. The largest absolute Gasteiger partial charge is 0.305 e. The molecule has 3 rings (SSSR count). The number of nitrogens with zero attached hydrogens (tertiary/aromatic N) is 2. The number of halogens is 2. The van der Waals surface area contributed by atoms with E-state index in [-0.39, 0.29) is 5.56 Å². The van der Waals surface area contributed by atoms with Crippen LogP contribution in [-0.4, -0.2) is 15.0 Å². The number of aromatic nitrogens is 3. The summed E-state index contributed by atoms with van der Waals surface area (Å²) in [4.78, 5) is 23.1. The molecule has 0 spiro atoms. The number of aromatic amines is 1. The maximum atomic E-state index is 11.6. The summed E-state index contributed by atoms with van der Waals surface area (Å²) >= 11 is 9.36. The smallest absolute Gasteiger partial charge is 0.263 e. The van der Waals surface area contributed by atoms with E-state index < -0.39 is 0 Å². The first-order valence-electron chi connectivity index (χ1n) is 6.38. The molecule has 0 aliphatic heterocycles. The van der Waals surface area contributed by atoms with Gasteiger partial charge in [-0.1, -0.05) is 37.3 Å². The molecule has 0 unspecified atom stereocenters. The molecule has 1 N–H and O–H groups in total. The molecule has 1 fully saturated rings. The van der Waals surface area contributed by atoms with E-state index in [0.717, 1.165) is 12.2 Å². The van der Waals surface area contributed by atoms with E-state index in [0.29, 0.717) is 26.6 Å². The number of hydrogen-bond acceptors (Lipinski definition) is 3. The van der Waals surface area contributed by atoms with Crippen LogP contribution in [0.2, 0.25) is 5.15 Å². The standard InChI is InChI=1S/C13H13BrClN3O/c14-9-6-8-11(15)16-10(5-7-3-1-2-4-7)17-12(8)18-13(9)19/h6-7H,1-5H2,(H,16,17,18,19). The lowest BCUT2D eigenvalue weighted by atomic mass is 10.0. The Kier molecular flexibility index (Phi) is 3.58. The summed E-state index contributed by atoms with van der Waals surface area (Å²) in [5.74, 6) is 1.37. The van der Waals surface area contributed by atoms with Gasteiger partial charge in [-0.2, -0.15) is 0 Å². The number of nitrogens with one attached hydrogen (secondary N) is 1. The predicted octanol–water partition coefficient (Wildman–Crippen LogP) is 3.47. The molecule has 1 aliphatic rings. The second kappa shape index (κ2) is 5.21. The number of rotatable bonds is 2. The van der Waals surface area contributed by atoms with Crippen molar-refractivity contribution in [3.05, 3.63) is 31.9 Å². The SMILES string of the molecule is O=c1[nH]c2nc(CC3CCCC3)nc(Cl)c2cc1Br. The molecule has 0 atom stereocenters. The first-order chi connectivity index (χ1) is 9.13. The molecular weight excluding hydrogens is 330 g/mol. The Morgan fingerprint density at radius 1 is 1.37 bits per heavy atom. The lowest BCUT2D eigenvalue weighted by Gasteiger charge is -2.09. The summed E-state index contributed by atoms with van der Waals surface area (Å²) in [6.45, 7) is 0. The highest BCUT2D eigenvalue weighted by Crippen LogP contribution is 2.28. The van der Waals surface area contributed by atoms with Gasteiger partial charge in [-0.15, -0.1) is 0 Å². The molecule has 100 valence electrons. The van der Waals surface area contributed by atoms with Gasteiger partial charge in [-0.3, -0.25) is 4.79 Å². The molecule has 0 bridgehead atoms. The van der Waals surface area contributed by atoms with Gasteiger partial charge in [0.1, 0.15) is 16.6 Å². The Morgan fingerprint density at radius 3 is 2.84 bits per heavy atom. The molecule has 2 heterocycles. The van der Waals surface area contributed by atoms with Gasteiger partial charge in [-0.05, 0) is 27.9 Å². The van der Waals surface area contributed by atoms with Crippen LogP contribution in [0, 0.1) is 5.92 Å². The van der Waals surface area contributed by atoms with E-state index in [9.17, 15) is 4.79 Å². The molecular formula is C13H13BrClN3O. The van der Waals surface area contributed by atoms with Crippen molar-refractivity contribution in [1.82, 2.24) is 15.0 Å². The zero-order valence-corrected chi connectivity index (χ0v) is 12.6. The van der Waals surface area contributed by atoms with Crippen LogP contribution in [0.3, 0.4) is 0 Å². The Balaban J connectivity index is 2.02. The highest BCUT2D eigenvalue weighted by atomic mass is 79.9. The summed E-state index contributed by atoms with van der Waals surface area (Å²) in [6, 6.07) is 1.66. The summed E-state index contributed by atoms with van der Waals surface area (Å²) in [6.07, 6.45) is 5.88. The Labute approximate surface area is 123 Å². The summed E-state index contributed by atoms with van der Waals surface area (Å²) in [5.41, 5.74) is 0.315. The van der Waals surface area contributed by atoms with Crippen LogP contribution in [-0.2, 0) is 6.42 Å². The van der Waals surface area contributed by atoms with Crippen molar-refractivity contribution < 1.29 is 0 Å². The molecule has 2 aromatic rings. The minimum Gasteiger partial charge on any atom is -0.305 e. The molecule has 0 saturated heterocycles. The first-order valence-corrected chi connectivity index (χ1v) is 7.55. The number of H-pyrrole nitrogens is 1. The van der Waals surface area contributed by atoms with Crippen molar-refractivity contribution in [3.8, 4) is 0 Å². The molecule has 6 heteroatoms. The number of hydrogen-bond donors (Lipinski definition) is 1. The van der Waals surface area contributed by atoms with Gasteiger partial charge in [0.25, 0.3) is 5.56 Å². The highest BCUT2D eigenvalue weighted by Gasteiger charge is 2.18. The van der Waals surface area contributed by atoms with E-state index >= 15 is 0 Å². The van der Waals surface area contributed by atoms with Gasteiger partial charge in [0.2, 0.25) is 0 Å². The second-order valence-electron chi connectivity index (χ2n) is 4.99. The summed E-state index contributed by atoms with van der Waals surface area (Å²) < 4.78 is 0.439. The van der Waals surface area contributed by atoms with Crippen LogP contribution in [0.4, 0.5) is 0 Å². The third-order valence-electron chi connectivity index (χ3n) is 3.61. The van der Waals surface area contributed by atoms with Gasteiger partial charge in [0, 0.05) is 6.42 Å². The van der Waals surface area contributed by atoms with Crippen LogP contribution in [0.25, 0.3) is 11.0 Å². The minimum absolute atomic E-state index is 0.200. The zero-order valence-electron chi connectivity index (χ0n) is 10.2. The van der Waals surface area contributed by atoms with E-state index in [1.165, 1.54) is 25.7 Å². The van der Waals surface area contributed by atoms with Crippen molar-refractivity contribution in [2.75, 3.05) is 0 Å². The average Bonchev–Trinajstić information content (AvgIpc) is 2.85. The van der Waals surface area contributed by atoms with Crippen molar-refractivity contribution in [1.29, 1.82) is 0 Å². The molecule has 4 nitrogen and oxygen atoms in total. The van der Waals surface area contributed by atoms with Crippen molar-refractivity contribution in [2.24, 2.45) is 5.92 Å². The average molecular weight is 343 g/mol. The minimum atomic E-state index is -0.200. The van der Waals surface area contributed by atoms with E-state index in [2.05, 4.69) is 30.9 Å². The number of fused-ring (bicyclic) bond motifs is 1. The van der Waals surface area contributed by atoms with Crippen LogP contribution < -0.4 is 5.56 Å². The maximum absolute atomic E-state index is 11.6. The molecule has 1 aliphatic carbocycles. The molecule has 19 heavy (non-hydrogen) atoms. The van der Waals surface area contributed by atoms with Crippen LogP contribution >= 0.6 is 27.5 Å². The molecule has 1 saturated carbocycles. The fourth-order valence-electron chi connectivity index (χ4n) is 2.63. The first kappa shape index (κ1) is 13.1. The van der Waals surface area contributed by atoms with Crippen molar-refractivity contribution in [3.63, 3.8) is 0 Å². The van der Waals surface area contributed by atoms with E-state index in [4.69, 9.17) is 11.6 Å². The normalized spacial score (nSPS) is 16.3. The Hall–Kier alpha value is -0.940. The Bertz CT molecular complexity index is 679. The quantitative estimate of drug-likeness (QED) is 0.850. The van der Waals surface area contributed by atoms with E-state index in [1.54, 1.807) is 6.07 Å². The van der Waals surface area contributed by atoms with Gasteiger partial charge in [0.05, 0.1) is 9.86 Å². The lowest BCUT2D eigenvalue weighted by Crippen LogP contribution is -2.10. The van der Waals surface area contributed by atoms with Crippen LogP contribution in [0.15, 0.2) is 15.3 Å². The van der Waals surface area contributed by atoms with Crippen molar-refractivity contribution in [2.45, 2.75) is 32.1 Å². The lowest BCUT2D eigenvalue weighted by molar-refractivity contribution is 0.531. The van der Waals surface area contributed by atoms with Gasteiger partial charge >= 0.3 is 0 Å². The third-order valence-corrected chi connectivity index (χ3v) is 4.49. The zero-order chi connectivity index (χ0) is 13.4. The van der Waals surface area contributed by atoms with Crippen LogP contribution in [0.5, 0.6) is 0 Å². The van der Waals surface area contributed by atoms with Crippen LogP contribution in [0.1, 0.15) is 31.5 Å². The predicted molar refractivity (Wildman–Crippen MR) is 78.5 cm³/mol. The van der Waals surface area contributed by atoms with Gasteiger partial charge in [-0.25, -0.2) is 9.97 Å². The van der Waals surface area contributed by atoms with E-state index in [1.807, 2.05) is 0 Å². The molecule has 0 amide bonds. The van der Waals surface area contributed by atoms with Crippen molar-refractivity contribution >= 4 is 38.6 Å².